The average molecular weight is 416 g/mol. The minimum Gasteiger partial charge on any atom is -0.468 e. The summed E-state index contributed by atoms with van der Waals surface area (Å²) in [6.45, 7) is 5.56. The van der Waals surface area contributed by atoms with Crippen molar-refractivity contribution in [1.29, 1.82) is 0 Å². The molecule has 0 spiro atoms. The number of rotatable bonds is 6. The molecule has 0 aliphatic rings. The van der Waals surface area contributed by atoms with Crippen LogP contribution in [0.25, 0.3) is 0 Å². The third-order valence-electron chi connectivity index (χ3n) is 4.42. The Morgan fingerprint density at radius 3 is 2.38 bits per heavy atom. The number of carbonyl (C=O) groups excluding carboxylic acids is 1. The Balaban J connectivity index is 1.86. The SMILES string of the molecule is Cc1cc(C)c(NC(=O)c2cc(S(=O)(=O)NCc3ccco3)ccc2F)c(C)c1. The Labute approximate surface area is 168 Å². The van der Waals surface area contributed by atoms with E-state index in [9.17, 15) is 17.6 Å². The highest BCUT2D eigenvalue weighted by Gasteiger charge is 2.20. The fourth-order valence-corrected chi connectivity index (χ4v) is 4.09. The van der Waals surface area contributed by atoms with Crippen LogP contribution in [0.5, 0.6) is 0 Å². The predicted octanol–water partition coefficient (Wildman–Crippen LogP) is 4.07. The standard InChI is InChI=1S/C21H21FN2O4S/c1-13-9-14(2)20(15(3)10-13)24-21(25)18-11-17(6-7-19(18)22)29(26,27)23-12-16-5-4-8-28-16/h4-11,23H,12H2,1-3H3,(H,24,25). The number of aryl methyl sites for hydroxylation is 3. The van der Waals surface area contributed by atoms with Crippen molar-refractivity contribution in [2.45, 2.75) is 32.2 Å². The highest BCUT2D eigenvalue weighted by Crippen LogP contribution is 2.24. The highest BCUT2D eigenvalue weighted by atomic mass is 32.2. The van der Waals surface area contributed by atoms with E-state index in [1.54, 1.807) is 12.1 Å². The van der Waals surface area contributed by atoms with Crippen LogP contribution in [-0.2, 0) is 16.6 Å². The maximum Gasteiger partial charge on any atom is 0.258 e. The molecular formula is C21H21FN2O4S. The summed E-state index contributed by atoms with van der Waals surface area (Å²) in [6.07, 6.45) is 1.43. The smallest absolute Gasteiger partial charge is 0.258 e. The molecule has 0 saturated heterocycles. The molecule has 3 rings (SSSR count). The molecule has 6 nitrogen and oxygen atoms in total. The van der Waals surface area contributed by atoms with Gasteiger partial charge >= 0.3 is 0 Å². The second-order valence-electron chi connectivity index (χ2n) is 6.77. The van der Waals surface area contributed by atoms with Gasteiger partial charge in [0.2, 0.25) is 10.0 Å². The summed E-state index contributed by atoms with van der Waals surface area (Å²) in [4.78, 5) is 12.5. The molecule has 0 unspecified atom stereocenters. The zero-order valence-corrected chi connectivity index (χ0v) is 17.1. The number of hydrogen-bond donors (Lipinski definition) is 2. The van der Waals surface area contributed by atoms with Crippen molar-refractivity contribution in [3.8, 4) is 0 Å². The Morgan fingerprint density at radius 2 is 1.76 bits per heavy atom. The van der Waals surface area contributed by atoms with Gasteiger partial charge in [0.05, 0.1) is 23.3 Å². The molecule has 8 heteroatoms. The van der Waals surface area contributed by atoms with Crippen LogP contribution in [0.4, 0.5) is 10.1 Å². The minimum absolute atomic E-state index is 0.0595. The monoisotopic (exact) mass is 416 g/mol. The molecule has 1 heterocycles. The van der Waals surface area contributed by atoms with Gasteiger partial charge in [0.15, 0.2) is 0 Å². The summed E-state index contributed by atoms with van der Waals surface area (Å²) < 4.78 is 46.8. The van der Waals surface area contributed by atoms with Gasteiger partial charge in [0.1, 0.15) is 11.6 Å². The summed E-state index contributed by atoms with van der Waals surface area (Å²) in [5.41, 5.74) is 2.93. The first-order valence-electron chi connectivity index (χ1n) is 8.88. The predicted molar refractivity (Wildman–Crippen MR) is 108 cm³/mol. The van der Waals surface area contributed by atoms with Gasteiger partial charge in [-0.15, -0.1) is 0 Å². The second-order valence-corrected chi connectivity index (χ2v) is 8.54. The number of benzene rings is 2. The van der Waals surface area contributed by atoms with Crippen molar-refractivity contribution in [3.63, 3.8) is 0 Å². The first-order valence-corrected chi connectivity index (χ1v) is 10.4. The van der Waals surface area contributed by atoms with Crippen molar-refractivity contribution in [2.75, 3.05) is 5.32 Å². The van der Waals surface area contributed by atoms with Crippen molar-refractivity contribution >= 4 is 21.6 Å². The summed E-state index contributed by atoms with van der Waals surface area (Å²) in [6, 6.07) is 10.2. The molecule has 1 aromatic heterocycles. The zero-order chi connectivity index (χ0) is 21.2. The summed E-state index contributed by atoms with van der Waals surface area (Å²) >= 11 is 0. The Kier molecular flexibility index (Phi) is 5.86. The number of furan rings is 1. The van der Waals surface area contributed by atoms with Crippen molar-refractivity contribution in [1.82, 2.24) is 4.72 Å². The molecule has 2 N–H and O–H groups in total. The molecule has 0 aliphatic heterocycles. The van der Waals surface area contributed by atoms with E-state index in [1.807, 2.05) is 32.9 Å². The maximum absolute atomic E-state index is 14.3. The van der Waals surface area contributed by atoms with E-state index in [1.165, 1.54) is 6.26 Å². The minimum atomic E-state index is -3.96. The molecular weight excluding hydrogens is 395 g/mol. The lowest BCUT2D eigenvalue weighted by Crippen LogP contribution is -2.24. The van der Waals surface area contributed by atoms with E-state index in [2.05, 4.69) is 10.0 Å². The molecule has 3 aromatic rings. The van der Waals surface area contributed by atoms with Gasteiger partial charge in [-0.25, -0.2) is 17.5 Å². The maximum atomic E-state index is 14.3. The lowest BCUT2D eigenvalue weighted by Gasteiger charge is -2.14. The average Bonchev–Trinajstić information content (AvgIpc) is 3.17. The molecule has 1 amide bonds. The van der Waals surface area contributed by atoms with Gasteiger partial charge in [0.25, 0.3) is 5.91 Å². The largest absolute Gasteiger partial charge is 0.468 e. The summed E-state index contributed by atoms with van der Waals surface area (Å²) in [5.74, 6) is -1.10. The Morgan fingerprint density at radius 1 is 1.07 bits per heavy atom. The van der Waals surface area contributed by atoms with E-state index in [0.29, 0.717) is 11.4 Å². The fourth-order valence-electron chi connectivity index (χ4n) is 3.07. The van der Waals surface area contributed by atoms with Gasteiger partial charge < -0.3 is 9.73 Å². The van der Waals surface area contributed by atoms with Crippen LogP contribution < -0.4 is 10.0 Å². The van der Waals surface area contributed by atoms with Crippen LogP contribution >= 0.6 is 0 Å². The van der Waals surface area contributed by atoms with Crippen LogP contribution in [0.1, 0.15) is 32.8 Å². The van der Waals surface area contributed by atoms with E-state index in [4.69, 9.17) is 4.42 Å². The molecule has 0 bridgehead atoms. The molecule has 0 atom stereocenters. The Bertz CT molecular complexity index is 1130. The van der Waals surface area contributed by atoms with E-state index >= 15 is 0 Å². The highest BCUT2D eigenvalue weighted by molar-refractivity contribution is 7.89. The van der Waals surface area contributed by atoms with Crippen molar-refractivity contribution in [3.05, 3.63) is 82.6 Å². The van der Waals surface area contributed by atoms with Crippen LogP contribution in [0, 0.1) is 26.6 Å². The number of amides is 1. The van der Waals surface area contributed by atoms with Gasteiger partial charge in [-0.1, -0.05) is 17.7 Å². The Hall–Kier alpha value is -2.97. The van der Waals surface area contributed by atoms with Crippen molar-refractivity contribution < 1.29 is 22.0 Å². The molecule has 0 saturated carbocycles. The number of hydrogen-bond acceptors (Lipinski definition) is 4. The van der Waals surface area contributed by atoms with Crippen LogP contribution in [-0.4, -0.2) is 14.3 Å². The summed E-state index contributed by atoms with van der Waals surface area (Å²) in [5, 5.41) is 2.69. The second kappa shape index (κ2) is 8.18. The van der Waals surface area contributed by atoms with Gasteiger partial charge in [-0.2, -0.15) is 0 Å². The molecule has 0 aliphatic carbocycles. The number of sulfonamides is 1. The zero-order valence-electron chi connectivity index (χ0n) is 16.2. The first-order chi connectivity index (χ1) is 13.7. The van der Waals surface area contributed by atoms with Crippen LogP contribution in [0.2, 0.25) is 0 Å². The number of nitrogens with one attached hydrogen (secondary N) is 2. The van der Waals surface area contributed by atoms with E-state index in [-0.39, 0.29) is 17.0 Å². The molecule has 2 aromatic carbocycles. The fraction of sp³-hybridized carbons (Fsp3) is 0.190. The molecule has 29 heavy (non-hydrogen) atoms. The summed E-state index contributed by atoms with van der Waals surface area (Å²) in [7, 11) is -3.96. The van der Waals surface area contributed by atoms with Crippen molar-refractivity contribution in [2.24, 2.45) is 0 Å². The third kappa shape index (κ3) is 4.72. The number of carbonyl (C=O) groups is 1. The lowest BCUT2D eigenvalue weighted by atomic mass is 10.0. The quantitative estimate of drug-likeness (QED) is 0.634. The van der Waals surface area contributed by atoms with Crippen LogP contribution in [0.15, 0.2) is 58.0 Å². The van der Waals surface area contributed by atoms with Gasteiger partial charge in [-0.05, 0) is 62.2 Å². The first kappa shape index (κ1) is 20.8. The third-order valence-corrected chi connectivity index (χ3v) is 5.82. The normalized spacial score (nSPS) is 11.4. The van der Waals surface area contributed by atoms with Gasteiger partial charge in [-0.3, -0.25) is 4.79 Å². The van der Waals surface area contributed by atoms with Gasteiger partial charge in [0, 0.05) is 5.69 Å². The molecule has 0 fully saturated rings. The molecule has 0 radical (unpaired) electrons. The lowest BCUT2D eigenvalue weighted by molar-refractivity contribution is 0.102. The molecule has 152 valence electrons. The van der Waals surface area contributed by atoms with E-state index < -0.39 is 21.7 Å². The number of halogens is 1. The van der Waals surface area contributed by atoms with E-state index in [0.717, 1.165) is 34.9 Å². The number of anilines is 1. The van der Waals surface area contributed by atoms with Crippen LogP contribution in [0.3, 0.4) is 0 Å². The topological polar surface area (TPSA) is 88.4 Å².